The Bertz CT molecular complexity index is 1110. The van der Waals surface area contributed by atoms with Crippen LogP contribution in [0, 0.1) is 0 Å². The second-order valence-electron chi connectivity index (χ2n) is 8.46. The molecule has 0 aliphatic carbocycles. The van der Waals surface area contributed by atoms with Crippen molar-refractivity contribution in [3.63, 3.8) is 0 Å². The van der Waals surface area contributed by atoms with Crippen LogP contribution in [0.5, 0.6) is 5.75 Å². The van der Waals surface area contributed by atoms with E-state index in [0.29, 0.717) is 5.56 Å². The second kappa shape index (κ2) is 13.6. The average Bonchev–Trinajstić information content (AvgIpc) is 2.84. The van der Waals surface area contributed by atoms with Gasteiger partial charge in [-0.1, -0.05) is 42.5 Å². The van der Waals surface area contributed by atoms with Gasteiger partial charge in [-0.25, -0.2) is 4.79 Å². The van der Waals surface area contributed by atoms with Gasteiger partial charge in [-0.2, -0.15) is 0 Å². The van der Waals surface area contributed by atoms with Crippen molar-refractivity contribution < 1.29 is 39.3 Å². The maximum absolute atomic E-state index is 13.0. The van der Waals surface area contributed by atoms with Gasteiger partial charge in [0.05, 0.1) is 12.5 Å². The summed E-state index contributed by atoms with van der Waals surface area (Å²) in [5, 5.41) is 34.5. The van der Waals surface area contributed by atoms with Crippen molar-refractivity contribution in [3.05, 3.63) is 65.7 Å². The quantitative estimate of drug-likeness (QED) is 0.184. The van der Waals surface area contributed by atoms with E-state index in [2.05, 4.69) is 16.0 Å². The number of hydrogen-bond donors (Lipinski definition) is 7. The van der Waals surface area contributed by atoms with Gasteiger partial charge >= 0.3 is 11.9 Å². The molecule has 8 N–H and O–H groups in total. The van der Waals surface area contributed by atoms with Gasteiger partial charge < -0.3 is 37.0 Å². The molecule has 0 aliphatic heterocycles. The molecule has 2 aromatic carbocycles. The lowest BCUT2D eigenvalue weighted by atomic mass is 10.0. The number of hydrogen-bond acceptors (Lipinski definition) is 7. The smallest absolute Gasteiger partial charge is 0.326 e. The van der Waals surface area contributed by atoms with Crippen LogP contribution in [0.25, 0.3) is 0 Å². The average molecular weight is 515 g/mol. The van der Waals surface area contributed by atoms with Crippen molar-refractivity contribution in [2.45, 2.75) is 50.4 Å². The first-order chi connectivity index (χ1) is 17.5. The summed E-state index contributed by atoms with van der Waals surface area (Å²) in [4.78, 5) is 60.3. The minimum absolute atomic E-state index is 0.00101. The van der Waals surface area contributed by atoms with E-state index in [-0.39, 0.29) is 18.6 Å². The van der Waals surface area contributed by atoms with Crippen LogP contribution in [0.15, 0.2) is 54.6 Å². The van der Waals surface area contributed by atoms with E-state index in [1.54, 1.807) is 24.3 Å². The minimum Gasteiger partial charge on any atom is -0.508 e. The van der Waals surface area contributed by atoms with E-state index in [0.717, 1.165) is 5.56 Å². The highest BCUT2D eigenvalue weighted by Crippen LogP contribution is 2.12. The number of carboxylic acid groups (broad SMARTS) is 2. The highest BCUT2D eigenvalue weighted by Gasteiger charge is 2.29. The summed E-state index contributed by atoms with van der Waals surface area (Å²) in [7, 11) is 0. The first kappa shape index (κ1) is 28.8. The molecule has 4 atom stereocenters. The Hall–Kier alpha value is -4.45. The fraction of sp³-hybridized carbons (Fsp3) is 0.320. The summed E-state index contributed by atoms with van der Waals surface area (Å²) in [5.74, 6) is -5.23. The Kier molecular flexibility index (Phi) is 10.6. The number of carbonyl (C=O) groups is 5. The molecule has 198 valence electrons. The van der Waals surface area contributed by atoms with Crippen molar-refractivity contribution >= 4 is 29.7 Å². The SMILES string of the molecule is CC(NC(=O)C(Cc1ccc(O)cc1)NC(=O)C(N)Cc1ccccc1)C(=O)NC(CC(=O)O)C(=O)O. The lowest BCUT2D eigenvalue weighted by Crippen LogP contribution is -2.57. The summed E-state index contributed by atoms with van der Waals surface area (Å²) in [6.45, 7) is 1.29. The predicted molar refractivity (Wildman–Crippen MR) is 131 cm³/mol. The van der Waals surface area contributed by atoms with Crippen molar-refractivity contribution in [2.24, 2.45) is 5.73 Å². The van der Waals surface area contributed by atoms with Gasteiger partial charge in [0.2, 0.25) is 17.7 Å². The Morgan fingerprint density at radius 1 is 0.757 bits per heavy atom. The largest absolute Gasteiger partial charge is 0.508 e. The number of rotatable bonds is 13. The molecule has 12 nitrogen and oxygen atoms in total. The van der Waals surface area contributed by atoms with Crippen LogP contribution in [-0.4, -0.2) is 69.1 Å². The number of nitrogens with two attached hydrogens (primary N) is 1. The van der Waals surface area contributed by atoms with Crippen molar-refractivity contribution in [3.8, 4) is 5.75 Å². The van der Waals surface area contributed by atoms with Crippen LogP contribution in [-0.2, 0) is 36.8 Å². The molecule has 4 unspecified atom stereocenters. The zero-order chi connectivity index (χ0) is 27.5. The molecule has 0 radical (unpaired) electrons. The van der Waals surface area contributed by atoms with Gasteiger partial charge in [-0.15, -0.1) is 0 Å². The maximum atomic E-state index is 13.0. The first-order valence-corrected chi connectivity index (χ1v) is 11.4. The zero-order valence-electron chi connectivity index (χ0n) is 20.1. The highest BCUT2D eigenvalue weighted by molar-refractivity contribution is 5.94. The molecular weight excluding hydrogens is 484 g/mol. The number of nitrogens with one attached hydrogen (secondary N) is 3. The van der Waals surface area contributed by atoms with Gasteiger partial charge in [0, 0.05) is 6.42 Å². The van der Waals surface area contributed by atoms with Gasteiger partial charge in [0.1, 0.15) is 23.9 Å². The second-order valence-corrected chi connectivity index (χ2v) is 8.46. The summed E-state index contributed by atoms with van der Waals surface area (Å²) in [6, 6.07) is 9.93. The van der Waals surface area contributed by atoms with Crippen molar-refractivity contribution in [1.29, 1.82) is 0 Å². The topological polar surface area (TPSA) is 208 Å². The Morgan fingerprint density at radius 2 is 1.32 bits per heavy atom. The molecule has 0 bridgehead atoms. The Balaban J connectivity index is 2.11. The molecule has 12 heteroatoms. The molecule has 0 spiro atoms. The molecule has 37 heavy (non-hydrogen) atoms. The van der Waals surface area contributed by atoms with E-state index in [1.165, 1.54) is 19.1 Å². The number of carbonyl (C=O) groups excluding carboxylic acids is 3. The number of phenols is 1. The molecule has 0 heterocycles. The summed E-state index contributed by atoms with van der Waals surface area (Å²) < 4.78 is 0. The van der Waals surface area contributed by atoms with Crippen molar-refractivity contribution in [2.75, 3.05) is 0 Å². The lowest BCUT2D eigenvalue weighted by molar-refractivity contribution is -0.147. The van der Waals surface area contributed by atoms with E-state index in [1.807, 2.05) is 18.2 Å². The van der Waals surface area contributed by atoms with Crippen LogP contribution in [0.2, 0.25) is 0 Å². The lowest BCUT2D eigenvalue weighted by Gasteiger charge is -2.23. The Morgan fingerprint density at radius 3 is 1.89 bits per heavy atom. The van der Waals surface area contributed by atoms with Gasteiger partial charge in [-0.05, 0) is 36.6 Å². The molecule has 3 amide bonds. The van der Waals surface area contributed by atoms with E-state index >= 15 is 0 Å². The van der Waals surface area contributed by atoms with E-state index in [4.69, 9.17) is 15.9 Å². The van der Waals surface area contributed by atoms with E-state index < -0.39 is 60.2 Å². The van der Waals surface area contributed by atoms with Crippen LogP contribution in [0.4, 0.5) is 0 Å². The van der Waals surface area contributed by atoms with Gasteiger partial charge in [-0.3, -0.25) is 19.2 Å². The van der Waals surface area contributed by atoms with Crippen LogP contribution in [0.3, 0.4) is 0 Å². The molecule has 0 saturated heterocycles. The minimum atomic E-state index is -1.69. The molecule has 0 aromatic heterocycles. The Labute approximate surface area is 212 Å². The van der Waals surface area contributed by atoms with Gasteiger partial charge in [0.15, 0.2) is 0 Å². The number of phenolic OH excluding ortho intramolecular Hbond substituents is 1. The molecule has 2 rings (SSSR count). The number of amides is 3. The fourth-order valence-electron chi connectivity index (χ4n) is 3.37. The van der Waals surface area contributed by atoms with Crippen molar-refractivity contribution in [1.82, 2.24) is 16.0 Å². The summed E-state index contributed by atoms with van der Waals surface area (Å²) >= 11 is 0. The molecule has 2 aromatic rings. The summed E-state index contributed by atoms with van der Waals surface area (Å²) in [5.41, 5.74) is 7.46. The summed E-state index contributed by atoms with van der Waals surface area (Å²) in [6.07, 6.45) is -0.624. The fourth-order valence-corrected chi connectivity index (χ4v) is 3.37. The van der Waals surface area contributed by atoms with Crippen LogP contribution < -0.4 is 21.7 Å². The van der Waals surface area contributed by atoms with Crippen LogP contribution >= 0.6 is 0 Å². The number of aromatic hydroxyl groups is 1. The van der Waals surface area contributed by atoms with E-state index in [9.17, 15) is 29.1 Å². The molecule has 0 saturated carbocycles. The predicted octanol–water partition coefficient (Wildman–Crippen LogP) is -0.462. The molecule has 0 fully saturated rings. The maximum Gasteiger partial charge on any atom is 0.326 e. The third-order valence-corrected chi connectivity index (χ3v) is 5.39. The molecular formula is C25H30N4O8. The number of carboxylic acids is 2. The first-order valence-electron chi connectivity index (χ1n) is 11.4. The number of aliphatic carboxylic acids is 2. The van der Waals surface area contributed by atoms with Crippen LogP contribution in [0.1, 0.15) is 24.5 Å². The van der Waals surface area contributed by atoms with Gasteiger partial charge in [0.25, 0.3) is 0 Å². The third kappa shape index (κ3) is 9.61. The third-order valence-electron chi connectivity index (χ3n) is 5.39. The molecule has 0 aliphatic rings. The zero-order valence-corrected chi connectivity index (χ0v) is 20.1. The monoisotopic (exact) mass is 514 g/mol. The number of benzene rings is 2. The standard InChI is InChI=1S/C25H30N4O8/c1-14(22(33)29-20(25(36)37)13-21(31)32)27-24(35)19(12-16-7-9-17(30)10-8-16)28-23(34)18(26)11-15-5-3-2-4-6-15/h2-10,14,18-20,30H,11-13,26H2,1H3,(H,27,35)(H,28,34)(H,29,33)(H,31,32)(H,36,37). The normalized spacial score (nSPS) is 13.9. The highest BCUT2D eigenvalue weighted by atomic mass is 16.4.